The van der Waals surface area contributed by atoms with Crippen molar-refractivity contribution >= 4 is 22.7 Å². The Morgan fingerprint density at radius 2 is 1.63 bits per heavy atom. The zero-order valence-corrected chi connectivity index (χ0v) is 16.5. The van der Waals surface area contributed by atoms with Crippen LogP contribution in [0.3, 0.4) is 0 Å². The molecule has 2 heterocycles. The van der Waals surface area contributed by atoms with E-state index in [2.05, 4.69) is 20.9 Å². The second-order valence-electron chi connectivity index (χ2n) is 6.80. The van der Waals surface area contributed by atoms with Gasteiger partial charge in [0.05, 0.1) is 29.5 Å². The lowest BCUT2D eigenvalue weighted by Crippen LogP contribution is -2.42. The van der Waals surface area contributed by atoms with Gasteiger partial charge in [-0.1, -0.05) is 61.5 Å². The van der Waals surface area contributed by atoms with Crippen molar-refractivity contribution in [2.45, 2.75) is 19.9 Å². The fraction of sp³-hybridized carbons (Fsp3) is 0.130. The molecule has 0 spiro atoms. The van der Waals surface area contributed by atoms with E-state index in [1.54, 1.807) is 10.7 Å². The zero-order valence-electron chi connectivity index (χ0n) is 16.5. The predicted octanol–water partition coefficient (Wildman–Crippen LogP) is 3.12. The molecule has 0 aliphatic heterocycles. The molecule has 7 heteroatoms. The maximum Gasteiger partial charge on any atom is 0.288 e. The average molecular weight is 399 g/mol. The van der Waals surface area contributed by atoms with Crippen molar-refractivity contribution in [2.75, 3.05) is 0 Å². The van der Waals surface area contributed by atoms with Gasteiger partial charge in [-0.05, 0) is 24.1 Å². The van der Waals surface area contributed by atoms with E-state index in [4.69, 9.17) is 0 Å². The molecular weight excluding hydrogens is 378 g/mol. The van der Waals surface area contributed by atoms with E-state index in [1.807, 2.05) is 67.6 Å². The Labute approximate surface area is 173 Å². The molecule has 4 rings (SSSR count). The van der Waals surface area contributed by atoms with Crippen molar-refractivity contribution < 1.29 is 9.59 Å². The van der Waals surface area contributed by atoms with Gasteiger partial charge in [0.2, 0.25) is 0 Å². The Morgan fingerprint density at radius 1 is 0.900 bits per heavy atom. The lowest BCUT2D eigenvalue weighted by Gasteiger charge is -2.10. The molecule has 2 amide bonds. The van der Waals surface area contributed by atoms with Crippen LogP contribution < -0.4 is 10.9 Å². The number of nitrogens with one attached hydrogen (secondary N) is 2. The minimum Gasteiger partial charge on any atom is -0.267 e. The fourth-order valence-electron chi connectivity index (χ4n) is 3.30. The number of carbonyl (C=O) groups is 2. The molecule has 2 aromatic carbocycles. The van der Waals surface area contributed by atoms with Crippen molar-refractivity contribution in [2.24, 2.45) is 0 Å². The predicted molar refractivity (Wildman–Crippen MR) is 114 cm³/mol. The second-order valence-corrected chi connectivity index (χ2v) is 6.80. The van der Waals surface area contributed by atoms with Crippen LogP contribution in [0.1, 0.15) is 39.0 Å². The molecule has 0 saturated heterocycles. The number of fused-ring (bicyclic) bond motifs is 1. The number of hydrazine groups is 1. The number of hydrogen-bond donors (Lipinski definition) is 2. The molecule has 0 saturated carbocycles. The Kier molecular flexibility index (Phi) is 5.52. The van der Waals surface area contributed by atoms with Crippen LogP contribution in [0.25, 0.3) is 10.9 Å². The van der Waals surface area contributed by atoms with Gasteiger partial charge in [-0.2, -0.15) is 5.10 Å². The number of aromatic nitrogens is 3. The molecule has 0 aliphatic carbocycles. The Morgan fingerprint density at radius 3 is 2.43 bits per heavy atom. The van der Waals surface area contributed by atoms with E-state index in [0.29, 0.717) is 24.0 Å². The van der Waals surface area contributed by atoms with Crippen LogP contribution in [0.15, 0.2) is 72.9 Å². The van der Waals surface area contributed by atoms with Gasteiger partial charge in [0.15, 0.2) is 0 Å². The standard InChI is InChI=1S/C23H21N5O2/c1-2-21-18(14-24-28(21)15-16-8-4-3-5-9-16)22(29)26-27-23(30)20-13-12-17-10-6-7-11-19(17)25-20/h3-14H,2,15H2,1H3,(H,26,29)(H,27,30). The fourth-order valence-corrected chi connectivity index (χ4v) is 3.30. The second kappa shape index (κ2) is 8.57. The summed E-state index contributed by atoms with van der Waals surface area (Å²) in [5.74, 6) is -0.899. The first-order valence-corrected chi connectivity index (χ1v) is 9.71. The quantitative estimate of drug-likeness (QED) is 0.505. The molecule has 2 aromatic heterocycles. The highest BCUT2D eigenvalue weighted by Gasteiger charge is 2.17. The summed E-state index contributed by atoms with van der Waals surface area (Å²) in [4.78, 5) is 29.4. The minimum absolute atomic E-state index is 0.226. The van der Waals surface area contributed by atoms with Crippen molar-refractivity contribution in [3.8, 4) is 0 Å². The SMILES string of the molecule is CCc1c(C(=O)NNC(=O)c2ccc3ccccc3n2)cnn1Cc1ccccc1. The largest absolute Gasteiger partial charge is 0.288 e. The number of amides is 2. The lowest BCUT2D eigenvalue weighted by atomic mass is 10.2. The van der Waals surface area contributed by atoms with Crippen molar-refractivity contribution in [3.63, 3.8) is 0 Å². The highest BCUT2D eigenvalue weighted by molar-refractivity contribution is 5.99. The average Bonchev–Trinajstić information content (AvgIpc) is 3.20. The molecule has 0 fully saturated rings. The van der Waals surface area contributed by atoms with Gasteiger partial charge >= 0.3 is 0 Å². The van der Waals surface area contributed by atoms with Crippen LogP contribution in [-0.4, -0.2) is 26.6 Å². The highest BCUT2D eigenvalue weighted by Crippen LogP contribution is 2.13. The third-order valence-corrected chi connectivity index (χ3v) is 4.82. The first kappa shape index (κ1) is 19.3. The monoisotopic (exact) mass is 399 g/mol. The van der Waals surface area contributed by atoms with Crippen LogP contribution in [-0.2, 0) is 13.0 Å². The Balaban J connectivity index is 1.45. The molecule has 0 bridgehead atoms. The normalized spacial score (nSPS) is 10.7. The van der Waals surface area contributed by atoms with Gasteiger partial charge in [0.25, 0.3) is 11.8 Å². The molecule has 0 aliphatic rings. The third kappa shape index (κ3) is 4.05. The molecule has 2 N–H and O–H groups in total. The van der Waals surface area contributed by atoms with Crippen LogP contribution in [0.5, 0.6) is 0 Å². The maximum absolute atomic E-state index is 12.6. The van der Waals surface area contributed by atoms with Crippen molar-refractivity contribution in [3.05, 3.63) is 95.4 Å². The molecule has 7 nitrogen and oxygen atoms in total. The number of benzene rings is 2. The van der Waals surface area contributed by atoms with E-state index in [-0.39, 0.29) is 5.69 Å². The molecule has 30 heavy (non-hydrogen) atoms. The van der Waals surface area contributed by atoms with Crippen molar-refractivity contribution in [1.82, 2.24) is 25.6 Å². The highest BCUT2D eigenvalue weighted by atomic mass is 16.2. The Bertz CT molecular complexity index is 1200. The summed E-state index contributed by atoms with van der Waals surface area (Å²) < 4.78 is 1.80. The number of para-hydroxylation sites is 1. The van der Waals surface area contributed by atoms with Crippen LogP contribution >= 0.6 is 0 Å². The summed E-state index contributed by atoms with van der Waals surface area (Å²) >= 11 is 0. The van der Waals surface area contributed by atoms with E-state index in [1.165, 1.54) is 6.20 Å². The molecule has 0 atom stereocenters. The van der Waals surface area contributed by atoms with Crippen LogP contribution in [0.4, 0.5) is 0 Å². The summed E-state index contributed by atoms with van der Waals surface area (Å²) in [7, 11) is 0. The van der Waals surface area contributed by atoms with E-state index >= 15 is 0 Å². The van der Waals surface area contributed by atoms with Crippen molar-refractivity contribution in [1.29, 1.82) is 0 Å². The molecule has 150 valence electrons. The Hall–Kier alpha value is -4.00. The summed E-state index contributed by atoms with van der Waals surface area (Å²) in [5.41, 5.74) is 8.17. The minimum atomic E-state index is -0.483. The van der Waals surface area contributed by atoms with Crippen LogP contribution in [0, 0.1) is 0 Å². The molecule has 4 aromatic rings. The van der Waals surface area contributed by atoms with Gasteiger partial charge < -0.3 is 0 Å². The third-order valence-electron chi connectivity index (χ3n) is 4.82. The smallest absolute Gasteiger partial charge is 0.267 e. The van der Waals surface area contributed by atoms with E-state index in [0.717, 1.165) is 16.6 Å². The molecule has 0 unspecified atom stereocenters. The van der Waals surface area contributed by atoms with Gasteiger partial charge in [0.1, 0.15) is 5.69 Å². The number of rotatable bonds is 5. The summed E-state index contributed by atoms with van der Waals surface area (Å²) in [6, 6.07) is 20.9. The van der Waals surface area contributed by atoms with Gasteiger partial charge in [0, 0.05) is 5.39 Å². The van der Waals surface area contributed by atoms with Gasteiger partial charge in [-0.25, -0.2) is 4.98 Å². The number of nitrogens with zero attached hydrogens (tertiary/aromatic N) is 3. The first-order valence-electron chi connectivity index (χ1n) is 9.71. The molecular formula is C23H21N5O2. The molecule has 0 radical (unpaired) electrons. The van der Waals surface area contributed by atoms with Gasteiger partial charge in [-0.3, -0.25) is 25.1 Å². The topological polar surface area (TPSA) is 88.9 Å². The number of carbonyl (C=O) groups excluding carboxylic acids is 2. The lowest BCUT2D eigenvalue weighted by molar-refractivity contribution is 0.0843. The van der Waals surface area contributed by atoms with Gasteiger partial charge in [-0.15, -0.1) is 0 Å². The summed E-state index contributed by atoms with van der Waals surface area (Å²) in [5, 5.41) is 5.29. The number of hydrogen-bond acceptors (Lipinski definition) is 4. The zero-order chi connectivity index (χ0) is 20.9. The summed E-state index contributed by atoms with van der Waals surface area (Å²) in [6.45, 7) is 2.54. The van der Waals surface area contributed by atoms with E-state index < -0.39 is 11.8 Å². The maximum atomic E-state index is 12.6. The van der Waals surface area contributed by atoms with E-state index in [9.17, 15) is 9.59 Å². The first-order chi connectivity index (χ1) is 14.7. The number of pyridine rings is 1. The summed E-state index contributed by atoms with van der Waals surface area (Å²) in [6.07, 6.45) is 2.16. The van der Waals surface area contributed by atoms with Crippen LogP contribution in [0.2, 0.25) is 0 Å².